The molecule has 0 aliphatic carbocycles. The zero-order valence-electron chi connectivity index (χ0n) is 11.8. The number of nitro groups is 1. The van der Waals surface area contributed by atoms with E-state index < -0.39 is 16.9 Å². The van der Waals surface area contributed by atoms with E-state index in [1.54, 1.807) is 30.3 Å². The van der Waals surface area contributed by atoms with Crippen LogP contribution in [0.25, 0.3) is 0 Å². The number of carbonyl (C=O) groups excluding carboxylic acids is 1. The number of hydrogen-bond acceptors (Lipinski definition) is 6. The van der Waals surface area contributed by atoms with Gasteiger partial charge in [-0.25, -0.2) is 5.43 Å². The second-order valence-electron chi connectivity index (χ2n) is 4.55. The molecule has 0 unspecified atom stereocenters. The summed E-state index contributed by atoms with van der Waals surface area (Å²) in [6.45, 7) is 0. The molecule has 0 saturated carbocycles. The van der Waals surface area contributed by atoms with Crippen LogP contribution in [0.1, 0.15) is 17.2 Å². The van der Waals surface area contributed by atoms with Gasteiger partial charge in [0.05, 0.1) is 11.1 Å². The number of benzene rings is 2. The lowest BCUT2D eigenvalue weighted by atomic mass is 10.1. The Morgan fingerprint density at radius 2 is 1.96 bits per heavy atom. The van der Waals surface area contributed by atoms with Crippen molar-refractivity contribution in [2.75, 3.05) is 0 Å². The SMILES string of the molecule is O=C(N/N=C/c1cc([N+](=O)[O-])ccc1O)[C@@H](O)c1ccccc1. The first-order chi connectivity index (χ1) is 11.0. The van der Waals surface area contributed by atoms with Crippen molar-refractivity contribution in [3.8, 4) is 5.75 Å². The molecule has 118 valence electrons. The highest BCUT2D eigenvalue weighted by Crippen LogP contribution is 2.21. The molecule has 2 rings (SSSR count). The van der Waals surface area contributed by atoms with E-state index in [1.165, 1.54) is 0 Å². The van der Waals surface area contributed by atoms with Gasteiger partial charge in [0.15, 0.2) is 6.10 Å². The van der Waals surface area contributed by atoms with Gasteiger partial charge in [0.1, 0.15) is 5.75 Å². The van der Waals surface area contributed by atoms with Crippen LogP contribution in [0.2, 0.25) is 0 Å². The van der Waals surface area contributed by atoms with Crippen molar-refractivity contribution in [2.45, 2.75) is 6.10 Å². The molecule has 8 heteroatoms. The Balaban J connectivity index is 2.05. The number of aromatic hydroxyl groups is 1. The van der Waals surface area contributed by atoms with Gasteiger partial charge in [-0.2, -0.15) is 5.10 Å². The molecule has 0 fully saturated rings. The second-order valence-corrected chi connectivity index (χ2v) is 4.55. The number of nitro benzene ring substituents is 1. The lowest BCUT2D eigenvalue weighted by Crippen LogP contribution is -2.25. The molecule has 8 nitrogen and oxygen atoms in total. The zero-order valence-corrected chi connectivity index (χ0v) is 11.8. The third-order valence-corrected chi connectivity index (χ3v) is 2.96. The van der Waals surface area contributed by atoms with Crippen LogP contribution in [-0.2, 0) is 4.79 Å². The quantitative estimate of drug-likeness (QED) is 0.438. The van der Waals surface area contributed by atoms with E-state index in [-0.39, 0.29) is 17.0 Å². The number of phenolic OH excluding ortho intramolecular Hbond substituents is 1. The molecule has 0 spiro atoms. The smallest absolute Gasteiger partial charge is 0.273 e. The number of nitrogens with zero attached hydrogens (tertiary/aromatic N) is 2. The van der Waals surface area contributed by atoms with Gasteiger partial charge in [0.25, 0.3) is 11.6 Å². The Morgan fingerprint density at radius 1 is 1.26 bits per heavy atom. The van der Waals surface area contributed by atoms with Crippen LogP contribution in [0.4, 0.5) is 5.69 Å². The Labute approximate surface area is 130 Å². The normalized spacial score (nSPS) is 12.0. The fourth-order valence-corrected chi connectivity index (χ4v) is 1.77. The molecule has 1 atom stereocenters. The molecule has 0 heterocycles. The molecule has 2 aromatic rings. The first-order valence-electron chi connectivity index (χ1n) is 6.52. The number of phenols is 1. The van der Waals surface area contributed by atoms with Crippen molar-refractivity contribution in [3.63, 3.8) is 0 Å². The van der Waals surface area contributed by atoms with E-state index in [9.17, 15) is 25.1 Å². The summed E-state index contributed by atoms with van der Waals surface area (Å²) < 4.78 is 0. The van der Waals surface area contributed by atoms with E-state index in [0.29, 0.717) is 5.56 Å². The maximum atomic E-state index is 11.7. The minimum atomic E-state index is -1.40. The fraction of sp³-hybridized carbons (Fsp3) is 0.0667. The van der Waals surface area contributed by atoms with Gasteiger partial charge in [-0.05, 0) is 11.6 Å². The fourth-order valence-electron chi connectivity index (χ4n) is 1.77. The minimum Gasteiger partial charge on any atom is -0.507 e. The number of aliphatic hydroxyl groups excluding tert-OH is 1. The van der Waals surface area contributed by atoms with E-state index in [0.717, 1.165) is 24.4 Å². The highest BCUT2D eigenvalue weighted by atomic mass is 16.6. The molecule has 3 N–H and O–H groups in total. The van der Waals surface area contributed by atoms with Gasteiger partial charge >= 0.3 is 0 Å². The topological polar surface area (TPSA) is 125 Å². The molecule has 0 saturated heterocycles. The van der Waals surface area contributed by atoms with E-state index in [2.05, 4.69) is 10.5 Å². The Hall–Kier alpha value is -3.26. The molecule has 0 aliphatic rings. The molecular formula is C15H13N3O5. The number of amides is 1. The first-order valence-corrected chi connectivity index (χ1v) is 6.52. The van der Waals surface area contributed by atoms with Gasteiger partial charge in [-0.15, -0.1) is 0 Å². The number of carbonyl (C=O) groups is 1. The molecule has 2 aromatic carbocycles. The van der Waals surface area contributed by atoms with Crippen LogP contribution < -0.4 is 5.43 Å². The summed E-state index contributed by atoms with van der Waals surface area (Å²) in [7, 11) is 0. The molecule has 23 heavy (non-hydrogen) atoms. The number of non-ortho nitro benzene ring substituents is 1. The van der Waals surface area contributed by atoms with Gasteiger partial charge in [-0.3, -0.25) is 14.9 Å². The predicted molar refractivity (Wildman–Crippen MR) is 81.9 cm³/mol. The van der Waals surface area contributed by atoms with Gasteiger partial charge in [0, 0.05) is 17.7 Å². The third-order valence-electron chi connectivity index (χ3n) is 2.96. The summed E-state index contributed by atoms with van der Waals surface area (Å²) in [5.41, 5.74) is 2.35. The van der Waals surface area contributed by atoms with Gasteiger partial charge < -0.3 is 10.2 Å². The highest BCUT2D eigenvalue weighted by molar-refractivity contribution is 5.87. The van der Waals surface area contributed by atoms with Crippen LogP contribution in [0, 0.1) is 10.1 Å². The van der Waals surface area contributed by atoms with E-state index >= 15 is 0 Å². The average Bonchev–Trinajstić information content (AvgIpc) is 2.56. The Kier molecular flexibility index (Phi) is 5.00. The predicted octanol–water partition coefficient (Wildman–Crippen LogP) is 1.48. The maximum absolute atomic E-state index is 11.7. The van der Waals surface area contributed by atoms with Crippen LogP contribution in [0.15, 0.2) is 53.6 Å². The largest absolute Gasteiger partial charge is 0.507 e. The molecule has 0 aromatic heterocycles. The first kappa shape index (κ1) is 16.1. The van der Waals surface area contributed by atoms with E-state index in [1.807, 2.05) is 0 Å². The lowest BCUT2D eigenvalue weighted by Gasteiger charge is -2.08. The zero-order chi connectivity index (χ0) is 16.8. The van der Waals surface area contributed by atoms with Crippen molar-refractivity contribution in [1.29, 1.82) is 0 Å². The second kappa shape index (κ2) is 7.14. The summed E-state index contributed by atoms with van der Waals surface area (Å²) in [5, 5.41) is 33.7. The average molecular weight is 315 g/mol. The third kappa shape index (κ3) is 4.11. The molecule has 0 aliphatic heterocycles. The number of aliphatic hydroxyl groups is 1. The Bertz CT molecular complexity index is 746. The van der Waals surface area contributed by atoms with Crippen LogP contribution in [-0.4, -0.2) is 27.3 Å². The summed E-state index contributed by atoms with van der Waals surface area (Å²) in [5.74, 6) is -0.991. The van der Waals surface area contributed by atoms with E-state index in [4.69, 9.17) is 0 Å². The maximum Gasteiger partial charge on any atom is 0.273 e. The van der Waals surface area contributed by atoms with Crippen molar-refractivity contribution in [1.82, 2.24) is 5.43 Å². The van der Waals surface area contributed by atoms with Crippen molar-refractivity contribution >= 4 is 17.8 Å². The number of rotatable bonds is 5. The summed E-state index contributed by atoms with van der Waals surface area (Å²) >= 11 is 0. The summed E-state index contributed by atoms with van der Waals surface area (Å²) in [6, 6.07) is 11.7. The summed E-state index contributed by atoms with van der Waals surface area (Å²) in [6.07, 6.45) is -0.343. The van der Waals surface area contributed by atoms with Gasteiger partial charge in [-0.1, -0.05) is 30.3 Å². The standard InChI is InChI=1S/C15H13N3O5/c19-13-7-6-12(18(22)23)8-11(13)9-16-17-15(21)14(20)10-4-2-1-3-5-10/h1-9,14,19-20H,(H,17,21)/b16-9+/t14-/m0/s1. The van der Waals surface area contributed by atoms with Crippen LogP contribution in [0.3, 0.4) is 0 Å². The number of hydrazone groups is 1. The molecule has 1 amide bonds. The lowest BCUT2D eigenvalue weighted by molar-refractivity contribution is -0.384. The molecular weight excluding hydrogens is 302 g/mol. The monoisotopic (exact) mass is 315 g/mol. The highest BCUT2D eigenvalue weighted by Gasteiger charge is 2.16. The van der Waals surface area contributed by atoms with Crippen LogP contribution >= 0.6 is 0 Å². The van der Waals surface area contributed by atoms with Gasteiger partial charge in [0.2, 0.25) is 0 Å². The Morgan fingerprint density at radius 3 is 2.61 bits per heavy atom. The van der Waals surface area contributed by atoms with Crippen molar-refractivity contribution < 1.29 is 19.9 Å². The number of hydrogen-bond donors (Lipinski definition) is 3. The van der Waals surface area contributed by atoms with Crippen molar-refractivity contribution in [3.05, 3.63) is 69.8 Å². The van der Waals surface area contributed by atoms with Crippen molar-refractivity contribution in [2.24, 2.45) is 5.10 Å². The molecule has 0 radical (unpaired) electrons. The molecule has 0 bridgehead atoms. The minimum absolute atomic E-state index is 0.0636. The summed E-state index contributed by atoms with van der Waals surface area (Å²) in [4.78, 5) is 21.8. The van der Waals surface area contributed by atoms with Crippen LogP contribution in [0.5, 0.6) is 5.75 Å². The number of nitrogens with one attached hydrogen (secondary N) is 1.